The number of Topliss-reactive ketones (excluding diaryl/α,β-unsaturated/α-hetero) is 2. The number of rotatable bonds is 4. The molecule has 1 heterocycles. The molecule has 7 nitrogen and oxygen atoms in total. The number of hydrogen-bond acceptors (Lipinski definition) is 7. The van der Waals surface area contributed by atoms with Crippen LogP contribution in [0, 0.1) is 34.5 Å². The highest BCUT2D eigenvalue weighted by atomic mass is 19.1. The summed E-state index contributed by atoms with van der Waals surface area (Å²) in [5.41, 5.74) is -1.79. The maximum Gasteiger partial charge on any atom is 0.192 e. The normalized spacial score (nSPS) is 47.7. The Morgan fingerprint density at radius 2 is 2.06 bits per heavy atom. The van der Waals surface area contributed by atoms with Gasteiger partial charge in [0.2, 0.25) is 0 Å². The van der Waals surface area contributed by atoms with Gasteiger partial charge in [0, 0.05) is 41.2 Å². The highest BCUT2D eigenvalue weighted by Gasteiger charge is 2.75. The summed E-state index contributed by atoms with van der Waals surface area (Å²) < 4.78 is 15.6. The largest absolute Gasteiger partial charge is 0.393 e. The Kier molecular flexibility index (Phi) is 5.41. The molecule has 6 rings (SSSR count). The maximum absolute atomic E-state index is 15.6. The average molecular weight is 500 g/mol. The van der Waals surface area contributed by atoms with Crippen LogP contribution in [0.4, 0.5) is 4.39 Å². The van der Waals surface area contributed by atoms with Gasteiger partial charge in [-0.25, -0.2) is 4.39 Å². The summed E-state index contributed by atoms with van der Waals surface area (Å²) in [6, 6.07) is 0. The number of carbonyl (C=O) groups is 3. The first-order valence-corrected chi connectivity index (χ1v) is 13.1. The first-order valence-electron chi connectivity index (χ1n) is 13.1. The Morgan fingerprint density at radius 1 is 1.28 bits per heavy atom. The molecule has 9 atom stereocenters. The number of hydrogen-bond donors (Lipinski definition) is 2. The van der Waals surface area contributed by atoms with E-state index >= 15 is 4.39 Å². The number of carbonyl (C=O) groups excluding carboxylic acids is 3. The third kappa shape index (κ3) is 3.01. The van der Waals surface area contributed by atoms with E-state index in [4.69, 9.17) is 4.84 Å². The zero-order chi connectivity index (χ0) is 25.6. The summed E-state index contributed by atoms with van der Waals surface area (Å²) in [6.07, 6.45) is 6.67. The summed E-state index contributed by atoms with van der Waals surface area (Å²) in [5.74, 6) is -1.38. The smallest absolute Gasteiger partial charge is 0.192 e. The molecule has 8 heteroatoms. The second-order valence-electron chi connectivity index (χ2n) is 12.2. The van der Waals surface area contributed by atoms with Crippen molar-refractivity contribution in [2.75, 3.05) is 19.7 Å². The number of nitrogens with zero attached hydrogens (tertiary/aromatic N) is 1. The average Bonchev–Trinajstić information content (AvgIpc) is 3.46. The van der Waals surface area contributed by atoms with E-state index in [2.05, 4.69) is 0 Å². The number of aliphatic hydroxyl groups excluding tert-OH is 2. The molecule has 4 fully saturated rings. The first-order chi connectivity index (χ1) is 17.0. The molecule has 0 radical (unpaired) electrons. The third-order valence-electron chi connectivity index (χ3n) is 10.6. The Morgan fingerprint density at radius 3 is 2.75 bits per heavy atom. The molecule has 2 unspecified atom stereocenters. The molecule has 0 spiro atoms. The summed E-state index contributed by atoms with van der Waals surface area (Å²) >= 11 is 0. The Hall–Kier alpha value is -2.00. The van der Waals surface area contributed by atoms with Gasteiger partial charge in [-0.3, -0.25) is 19.2 Å². The van der Waals surface area contributed by atoms with Crippen molar-refractivity contribution in [2.24, 2.45) is 34.5 Å². The fourth-order valence-electron chi connectivity index (χ4n) is 9.16. The van der Waals surface area contributed by atoms with Gasteiger partial charge in [-0.2, -0.15) is 5.06 Å². The number of allylic oxidation sites excluding steroid dienone is 5. The zero-order valence-electron chi connectivity index (χ0n) is 20.8. The monoisotopic (exact) mass is 499 g/mol. The van der Waals surface area contributed by atoms with E-state index in [1.165, 1.54) is 12.2 Å². The van der Waals surface area contributed by atoms with Gasteiger partial charge in [-0.05, 0) is 55.2 Å². The van der Waals surface area contributed by atoms with Gasteiger partial charge in [0.15, 0.2) is 23.0 Å². The number of fused-ring (bicyclic) bond motifs is 7. The quantitative estimate of drug-likeness (QED) is 0.612. The van der Waals surface area contributed by atoms with Gasteiger partial charge in [-0.15, -0.1) is 0 Å². The van der Waals surface area contributed by atoms with E-state index in [9.17, 15) is 24.6 Å². The number of aliphatic hydroxyl groups is 2. The van der Waals surface area contributed by atoms with E-state index in [1.807, 2.05) is 19.9 Å². The van der Waals surface area contributed by atoms with Gasteiger partial charge in [0.05, 0.1) is 12.6 Å². The van der Waals surface area contributed by atoms with Crippen molar-refractivity contribution in [1.29, 1.82) is 0 Å². The van der Waals surface area contributed by atoms with Gasteiger partial charge in [0.1, 0.15) is 12.8 Å². The van der Waals surface area contributed by atoms with E-state index < -0.39 is 41.1 Å². The van der Waals surface area contributed by atoms with E-state index in [0.717, 1.165) is 0 Å². The standard InChI is InChI=1S/C28H34FNO6/c1-26-7-6-17(32)9-20(26)21(29)10-18-19-8-16-13-30(12-15-4-3-5-22(15)33)36-28(16,24(35)14-31)27(19,2)11-23(34)25(18)26/h4,6-7,9,16,18-19,21,23,25,31,34H,3,5,8,10-14H2,1-2H3/t16-,18-,19?,21-,23-,25?,26-,27-,28-/m0/s1. The molecule has 0 aromatic carbocycles. The van der Waals surface area contributed by atoms with Crippen LogP contribution < -0.4 is 0 Å². The fraction of sp³-hybridized carbons (Fsp3) is 0.679. The minimum absolute atomic E-state index is 0.0885. The molecule has 36 heavy (non-hydrogen) atoms. The van der Waals surface area contributed by atoms with E-state index in [1.54, 1.807) is 11.1 Å². The maximum atomic E-state index is 15.6. The summed E-state index contributed by atoms with van der Waals surface area (Å²) in [4.78, 5) is 44.2. The lowest BCUT2D eigenvalue weighted by atomic mass is 9.46. The van der Waals surface area contributed by atoms with Crippen molar-refractivity contribution in [2.45, 2.75) is 63.8 Å². The highest BCUT2D eigenvalue weighted by Crippen LogP contribution is 2.70. The zero-order valence-corrected chi connectivity index (χ0v) is 20.8. The van der Waals surface area contributed by atoms with Crippen LogP contribution in [0.15, 0.2) is 35.5 Å². The van der Waals surface area contributed by atoms with Crippen LogP contribution in [0.3, 0.4) is 0 Å². The fourth-order valence-corrected chi connectivity index (χ4v) is 9.16. The first kappa shape index (κ1) is 24.3. The molecule has 0 bridgehead atoms. The van der Waals surface area contributed by atoms with Gasteiger partial charge in [0.25, 0.3) is 0 Å². The number of halogens is 1. The van der Waals surface area contributed by atoms with Crippen molar-refractivity contribution in [3.63, 3.8) is 0 Å². The minimum atomic E-state index is -1.33. The van der Waals surface area contributed by atoms with Crippen LogP contribution >= 0.6 is 0 Å². The van der Waals surface area contributed by atoms with Gasteiger partial charge < -0.3 is 10.2 Å². The summed E-state index contributed by atoms with van der Waals surface area (Å²) in [6.45, 7) is 3.91. The topological polar surface area (TPSA) is 104 Å². The molecule has 0 aromatic heterocycles. The minimum Gasteiger partial charge on any atom is -0.393 e. The van der Waals surface area contributed by atoms with Crippen LogP contribution in [0.25, 0.3) is 0 Å². The second kappa shape index (κ2) is 8.00. The SMILES string of the molecule is C[C@]12C=CC(=O)C=C1[C@@H](F)C[C@@H]1C2[C@@H](O)C[C@@]2(C)C1C[C@H]1CN(CC3=CCCC3=O)O[C@]12C(=O)CO. The molecule has 5 aliphatic carbocycles. The molecule has 0 amide bonds. The third-order valence-corrected chi connectivity index (χ3v) is 10.6. The molecule has 3 saturated carbocycles. The molecule has 6 aliphatic rings. The molecule has 1 aliphatic heterocycles. The van der Waals surface area contributed by atoms with Crippen LogP contribution in [-0.4, -0.2) is 70.2 Å². The van der Waals surface area contributed by atoms with Crippen molar-refractivity contribution in [3.8, 4) is 0 Å². The lowest BCUT2D eigenvalue weighted by molar-refractivity contribution is -0.249. The number of ketones is 3. The second-order valence-corrected chi connectivity index (χ2v) is 12.2. The lowest BCUT2D eigenvalue weighted by Gasteiger charge is -2.60. The van der Waals surface area contributed by atoms with Crippen LogP contribution in [0.5, 0.6) is 0 Å². The summed E-state index contributed by atoms with van der Waals surface area (Å²) in [5, 5.41) is 23.3. The van der Waals surface area contributed by atoms with Crippen LogP contribution in [0.1, 0.15) is 46.0 Å². The van der Waals surface area contributed by atoms with Crippen molar-refractivity contribution in [3.05, 3.63) is 35.5 Å². The highest BCUT2D eigenvalue weighted by molar-refractivity contribution is 6.01. The van der Waals surface area contributed by atoms with Gasteiger partial charge in [-0.1, -0.05) is 26.0 Å². The van der Waals surface area contributed by atoms with Crippen LogP contribution in [0.2, 0.25) is 0 Å². The predicted octanol–water partition coefficient (Wildman–Crippen LogP) is 2.28. The Labute approximate surface area is 210 Å². The number of alkyl halides is 1. The van der Waals surface area contributed by atoms with E-state index in [0.29, 0.717) is 43.5 Å². The molecular formula is C28H34FNO6. The molecular weight excluding hydrogens is 465 g/mol. The van der Waals surface area contributed by atoms with Crippen LogP contribution in [-0.2, 0) is 19.2 Å². The van der Waals surface area contributed by atoms with Crippen molar-refractivity contribution >= 4 is 17.3 Å². The number of hydroxylamine groups is 2. The Bertz CT molecular complexity index is 1130. The predicted molar refractivity (Wildman–Crippen MR) is 127 cm³/mol. The molecule has 2 N–H and O–H groups in total. The van der Waals surface area contributed by atoms with Gasteiger partial charge >= 0.3 is 0 Å². The molecule has 194 valence electrons. The lowest BCUT2D eigenvalue weighted by Crippen LogP contribution is -2.64. The summed E-state index contributed by atoms with van der Waals surface area (Å²) in [7, 11) is 0. The van der Waals surface area contributed by atoms with Crippen molar-refractivity contribution in [1.82, 2.24) is 5.06 Å². The van der Waals surface area contributed by atoms with E-state index in [-0.39, 0.29) is 48.1 Å². The Balaban J connectivity index is 1.37. The molecule has 1 saturated heterocycles. The van der Waals surface area contributed by atoms with Crippen molar-refractivity contribution < 1.29 is 33.8 Å². The molecule has 0 aromatic rings.